The normalized spacial score (nSPS) is 12.9. The summed E-state index contributed by atoms with van der Waals surface area (Å²) in [5.41, 5.74) is 2.54. The van der Waals surface area contributed by atoms with Gasteiger partial charge in [-0.3, -0.25) is 4.79 Å². The SMILES string of the molecule is Cc1cccc2nc(C(C)CC(=O)O)oc12. The molecular formula is C12H13NO3. The van der Waals surface area contributed by atoms with Gasteiger partial charge in [-0.2, -0.15) is 0 Å². The Bertz CT molecular complexity index is 530. The summed E-state index contributed by atoms with van der Waals surface area (Å²) >= 11 is 0. The number of hydrogen-bond acceptors (Lipinski definition) is 3. The molecule has 0 radical (unpaired) electrons. The summed E-state index contributed by atoms with van der Waals surface area (Å²) in [4.78, 5) is 14.9. The maximum Gasteiger partial charge on any atom is 0.304 e. The molecule has 2 aromatic rings. The number of carboxylic acids is 1. The molecule has 84 valence electrons. The molecule has 1 aromatic heterocycles. The second-order valence-electron chi connectivity index (χ2n) is 3.97. The molecule has 0 fully saturated rings. The van der Waals surface area contributed by atoms with Crippen molar-refractivity contribution < 1.29 is 14.3 Å². The van der Waals surface area contributed by atoms with Crippen molar-refractivity contribution in [2.75, 3.05) is 0 Å². The molecule has 0 aliphatic rings. The van der Waals surface area contributed by atoms with Crippen molar-refractivity contribution >= 4 is 17.1 Å². The lowest BCUT2D eigenvalue weighted by Crippen LogP contribution is -2.02. The number of carboxylic acid groups (broad SMARTS) is 1. The Hall–Kier alpha value is -1.84. The molecule has 0 saturated heterocycles. The van der Waals surface area contributed by atoms with E-state index in [1.165, 1.54) is 0 Å². The monoisotopic (exact) mass is 219 g/mol. The van der Waals surface area contributed by atoms with Gasteiger partial charge in [-0.15, -0.1) is 0 Å². The standard InChI is InChI=1S/C12H13NO3/c1-7-4-3-5-9-11(7)16-12(13-9)8(2)6-10(14)15/h3-5,8H,6H2,1-2H3,(H,14,15). The van der Waals surface area contributed by atoms with Gasteiger partial charge in [-0.05, 0) is 18.6 Å². The average Bonchev–Trinajstić information content (AvgIpc) is 2.61. The number of nitrogens with zero attached hydrogens (tertiary/aromatic N) is 1. The van der Waals surface area contributed by atoms with Gasteiger partial charge >= 0.3 is 5.97 Å². The number of benzene rings is 1. The maximum absolute atomic E-state index is 10.6. The zero-order valence-corrected chi connectivity index (χ0v) is 9.23. The summed E-state index contributed by atoms with van der Waals surface area (Å²) in [6.07, 6.45) is 0.0336. The van der Waals surface area contributed by atoms with Gasteiger partial charge in [-0.1, -0.05) is 19.1 Å². The summed E-state index contributed by atoms with van der Waals surface area (Å²) in [6, 6.07) is 5.72. The quantitative estimate of drug-likeness (QED) is 0.862. The average molecular weight is 219 g/mol. The second kappa shape index (κ2) is 3.96. The Morgan fingerprint density at radius 3 is 2.94 bits per heavy atom. The van der Waals surface area contributed by atoms with Crippen molar-refractivity contribution in [2.45, 2.75) is 26.2 Å². The molecule has 0 aliphatic carbocycles. The third-order valence-corrected chi connectivity index (χ3v) is 2.53. The van der Waals surface area contributed by atoms with Gasteiger partial charge in [0.05, 0.1) is 6.42 Å². The molecule has 4 heteroatoms. The highest BCUT2D eigenvalue weighted by Gasteiger charge is 2.17. The van der Waals surface area contributed by atoms with Gasteiger partial charge < -0.3 is 9.52 Å². The molecule has 0 saturated carbocycles. The smallest absolute Gasteiger partial charge is 0.304 e. The van der Waals surface area contributed by atoms with Crippen LogP contribution in [0.5, 0.6) is 0 Å². The van der Waals surface area contributed by atoms with Crippen LogP contribution in [0.15, 0.2) is 22.6 Å². The van der Waals surface area contributed by atoms with Crippen LogP contribution < -0.4 is 0 Å². The lowest BCUT2D eigenvalue weighted by atomic mass is 10.1. The Labute approximate surface area is 92.9 Å². The molecule has 0 bridgehead atoms. The van der Waals surface area contributed by atoms with Crippen molar-refractivity contribution in [3.8, 4) is 0 Å². The van der Waals surface area contributed by atoms with Crippen molar-refractivity contribution in [3.05, 3.63) is 29.7 Å². The van der Waals surface area contributed by atoms with Gasteiger partial charge in [0.25, 0.3) is 0 Å². The molecule has 0 aliphatic heterocycles. The zero-order chi connectivity index (χ0) is 11.7. The van der Waals surface area contributed by atoms with E-state index in [4.69, 9.17) is 9.52 Å². The highest BCUT2D eigenvalue weighted by Crippen LogP contribution is 2.25. The molecular weight excluding hydrogens is 206 g/mol. The Morgan fingerprint density at radius 2 is 2.31 bits per heavy atom. The van der Waals surface area contributed by atoms with Crippen LogP contribution in [0.25, 0.3) is 11.1 Å². The van der Waals surface area contributed by atoms with Crippen molar-refractivity contribution in [2.24, 2.45) is 0 Å². The molecule has 1 N–H and O–H groups in total. The van der Waals surface area contributed by atoms with Crippen LogP contribution in [0.3, 0.4) is 0 Å². The minimum Gasteiger partial charge on any atom is -0.481 e. The molecule has 0 amide bonds. The summed E-state index contributed by atoms with van der Waals surface area (Å²) in [7, 11) is 0. The predicted molar refractivity (Wildman–Crippen MR) is 59.4 cm³/mol. The largest absolute Gasteiger partial charge is 0.481 e. The lowest BCUT2D eigenvalue weighted by molar-refractivity contribution is -0.137. The first-order chi connectivity index (χ1) is 7.58. The Kier molecular flexibility index (Phi) is 2.64. The minimum atomic E-state index is -0.841. The van der Waals surface area contributed by atoms with Gasteiger partial charge in [0.15, 0.2) is 11.5 Å². The van der Waals surface area contributed by atoms with E-state index >= 15 is 0 Å². The fourth-order valence-electron chi connectivity index (χ4n) is 1.66. The first-order valence-corrected chi connectivity index (χ1v) is 5.16. The van der Waals surface area contributed by atoms with Crippen LogP contribution in [0.4, 0.5) is 0 Å². The van der Waals surface area contributed by atoms with E-state index in [2.05, 4.69) is 4.98 Å². The minimum absolute atomic E-state index is 0.0336. The number of hydrogen-bond donors (Lipinski definition) is 1. The van der Waals surface area contributed by atoms with E-state index < -0.39 is 5.97 Å². The number of aromatic nitrogens is 1. The molecule has 4 nitrogen and oxygen atoms in total. The highest BCUT2D eigenvalue weighted by molar-refractivity contribution is 5.76. The Morgan fingerprint density at radius 1 is 1.56 bits per heavy atom. The maximum atomic E-state index is 10.6. The number of aliphatic carboxylic acids is 1. The first-order valence-electron chi connectivity index (χ1n) is 5.16. The van der Waals surface area contributed by atoms with E-state index in [0.717, 1.165) is 16.7 Å². The van der Waals surface area contributed by atoms with Crippen LogP contribution >= 0.6 is 0 Å². The fraction of sp³-hybridized carbons (Fsp3) is 0.333. The van der Waals surface area contributed by atoms with Gasteiger partial charge in [0.1, 0.15) is 5.52 Å². The number of oxazole rings is 1. The summed E-state index contributed by atoms with van der Waals surface area (Å²) in [5.74, 6) is -0.553. The zero-order valence-electron chi connectivity index (χ0n) is 9.23. The molecule has 16 heavy (non-hydrogen) atoms. The fourth-order valence-corrected chi connectivity index (χ4v) is 1.66. The number of fused-ring (bicyclic) bond motifs is 1. The van der Waals surface area contributed by atoms with E-state index in [1.54, 1.807) is 6.92 Å². The van der Waals surface area contributed by atoms with Crippen LogP contribution in [0, 0.1) is 6.92 Å². The van der Waals surface area contributed by atoms with Gasteiger partial charge in [0, 0.05) is 5.92 Å². The summed E-state index contributed by atoms with van der Waals surface area (Å²) in [6.45, 7) is 3.74. The van der Waals surface area contributed by atoms with E-state index in [9.17, 15) is 4.79 Å². The van der Waals surface area contributed by atoms with Crippen LogP contribution in [0.1, 0.15) is 30.7 Å². The van der Waals surface area contributed by atoms with Gasteiger partial charge in [0.2, 0.25) is 0 Å². The van der Waals surface area contributed by atoms with Crippen LogP contribution in [-0.4, -0.2) is 16.1 Å². The lowest BCUT2D eigenvalue weighted by Gasteiger charge is -2.01. The predicted octanol–water partition coefficient (Wildman–Crippen LogP) is 2.71. The molecule has 1 heterocycles. The highest BCUT2D eigenvalue weighted by atomic mass is 16.4. The Balaban J connectivity index is 2.39. The van der Waals surface area contributed by atoms with Crippen molar-refractivity contribution in [1.82, 2.24) is 4.98 Å². The molecule has 1 atom stereocenters. The van der Waals surface area contributed by atoms with E-state index in [-0.39, 0.29) is 12.3 Å². The molecule has 2 rings (SSSR count). The number of rotatable bonds is 3. The van der Waals surface area contributed by atoms with Crippen molar-refractivity contribution in [1.29, 1.82) is 0 Å². The van der Waals surface area contributed by atoms with E-state index in [1.807, 2.05) is 25.1 Å². The van der Waals surface area contributed by atoms with Crippen LogP contribution in [0.2, 0.25) is 0 Å². The molecule has 1 aromatic carbocycles. The van der Waals surface area contributed by atoms with Crippen molar-refractivity contribution in [3.63, 3.8) is 0 Å². The van der Waals surface area contributed by atoms with Crippen LogP contribution in [-0.2, 0) is 4.79 Å². The van der Waals surface area contributed by atoms with Gasteiger partial charge in [-0.25, -0.2) is 4.98 Å². The third kappa shape index (κ3) is 1.91. The first kappa shape index (κ1) is 10.7. The van der Waals surface area contributed by atoms with E-state index in [0.29, 0.717) is 5.89 Å². The summed E-state index contributed by atoms with van der Waals surface area (Å²) < 4.78 is 5.59. The number of para-hydroxylation sites is 1. The molecule has 1 unspecified atom stereocenters. The molecule has 0 spiro atoms. The number of carbonyl (C=O) groups is 1. The second-order valence-corrected chi connectivity index (χ2v) is 3.97. The topological polar surface area (TPSA) is 63.3 Å². The summed E-state index contributed by atoms with van der Waals surface area (Å²) in [5, 5.41) is 8.71. The third-order valence-electron chi connectivity index (χ3n) is 2.53. The number of aryl methyl sites for hydroxylation is 1.